The van der Waals surface area contributed by atoms with E-state index in [0.29, 0.717) is 17.4 Å². The minimum atomic E-state index is 0.395. The van der Waals surface area contributed by atoms with Gasteiger partial charge in [-0.25, -0.2) is 19.9 Å². The summed E-state index contributed by atoms with van der Waals surface area (Å²) in [6.07, 6.45) is 5.38. The number of nitrogen functional groups attached to an aromatic ring is 1. The van der Waals surface area contributed by atoms with Gasteiger partial charge in [-0.1, -0.05) is 13.8 Å². The summed E-state index contributed by atoms with van der Waals surface area (Å²) in [5, 5.41) is 0.873. The summed E-state index contributed by atoms with van der Waals surface area (Å²) in [6, 6.07) is 6.15. The van der Waals surface area contributed by atoms with Gasteiger partial charge in [0.1, 0.15) is 18.0 Å². The lowest BCUT2D eigenvalue weighted by molar-refractivity contribution is 0.646. The Balaban J connectivity index is 2.19. The van der Waals surface area contributed by atoms with Gasteiger partial charge in [-0.3, -0.25) is 0 Å². The summed E-state index contributed by atoms with van der Waals surface area (Å²) in [4.78, 5) is 19.7. The van der Waals surface area contributed by atoms with E-state index < -0.39 is 0 Å². The number of fused-ring (bicyclic) bond motifs is 1. The Morgan fingerprint density at radius 2 is 1.84 bits per heavy atom. The van der Waals surface area contributed by atoms with Crippen molar-refractivity contribution in [3.8, 4) is 11.3 Å². The molecule has 0 radical (unpaired) electrons. The van der Waals surface area contributed by atoms with Crippen molar-refractivity contribution in [3.05, 3.63) is 36.3 Å². The standard InChI is InChI=1S/C19H24N6/c1-5-12(6-2)14-9-15(13-7-8-16(21-10-13)25(3)4)24-19-17(14)18(20)22-11-23-19/h7-12H,5-6H2,1-4H3,(H2,20,22,23,24). The second kappa shape index (κ2) is 7.01. The molecule has 3 aromatic heterocycles. The molecule has 0 aromatic carbocycles. The van der Waals surface area contributed by atoms with E-state index in [-0.39, 0.29) is 0 Å². The smallest absolute Gasteiger partial charge is 0.165 e. The van der Waals surface area contributed by atoms with Crippen LogP contribution in [-0.2, 0) is 0 Å². The number of hydrogen-bond acceptors (Lipinski definition) is 6. The third-order valence-electron chi connectivity index (χ3n) is 4.59. The molecule has 2 N–H and O–H groups in total. The van der Waals surface area contributed by atoms with Crippen LogP contribution in [0.2, 0.25) is 0 Å². The van der Waals surface area contributed by atoms with E-state index in [1.165, 1.54) is 11.9 Å². The summed E-state index contributed by atoms with van der Waals surface area (Å²) in [6.45, 7) is 4.38. The molecule has 0 spiro atoms. The zero-order chi connectivity index (χ0) is 18.0. The highest BCUT2D eigenvalue weighted by Crippen LogP contribution is 2.34. The summed E-state index contributed by atoms with van der Waals surface area (Å²) in [7, 11) is 3.95. The van der Waals surface area contributed by atoms with Crippen molar-refractivity contribution in [3.63, 3.8) is 0 Å². The van der Waals surface area contributed by atoms with E-state index in [2.05, 4.69) is 34.9 Å². The van der Waals surface area contributed by atoms with Crippen LogP contribution in [0.15, 0.2) is 30.7 Å². The first-order chi connectivity index (χ1) is 12.0. The predicted octanol–water partition coefficient (Wildman–Crippen LogP) is 3.64. The van der Waals surface area contributed by atoms with Crippen LogP contribution in [0.5, 0.6) is 0 Å². The van der Waals surface area contributed by atoms with Crippen LogP contribution in [0.4, 0.5) is 11.6 Å². The number of rotatable bonds is 5. The third-order valence-corrected chi connectivity index (χ3v) is 4.59. The molecule has 3 heterocycles. The van der Waals surface area contributed by atoms with Crippen LogP contribution >= 0.6 is 0 Å². The van der Waals surface area contributed by atoms with Crippen molar-refractivity contribution in [1.29, 1.82) is 0 Å². The van der Waals surface area contributed by atoms with E-state index >= 15 is 0 Å². The molecule has 6 nitrogen and oxygen atoms in total. The molecule has 3 rings (SSSR count). The highest BCUT2D eigenvalue weighted by molar-refractivity contribution is 5.90. The minimum absolute atomic E-state index is 0.395. The van der Waals surface area contributed by atoms with Crippen molar-refractivity contribution < 1.29 is 0 Å². The van der Waals surface area contributed by atoms with Crippen molar-refractivity contribution >= 4 is 22.7 Å². The number of nitrogens with two attached hydrogens (primary N) is 1. The van der Waals surface area contributed by atoms with Crippen LogP contribution in [0.1, 0.15) is 38.2 Å². The minimum Gasteiger partial charge on any atom is -0.383 e. The van der Waals surface area contributed by atoms with Gasteiger partial charge in [0.15, 0.2) is 5.65 Å². The van der Waals surface area contributed by atoms with Crippen LogP contribution in [-0.4, -0.2) is 34.0 Å². The van der Waals surface area contributed by atoms with Gasteiger partial charge in [0.2, 0.25) is 0 Å². The molecule has 0 aliphatic rings. The highest BCUT2D eigenvalue weighted by Gasteiger charge is 2.17. The van der Waals surface area contributed by atoms with Gasteiger partial charge in [0.25, 0.3) is 0 Å². The first-order valence-electron chi connectivity index (χ1n) is 8.60. The topological polar surface area (TPSA) is 80.8 Å². The predicted molar refractivity (Wildman–Crippen MR) is 103 cm³/mol. The fourth-order valence-corrected chi connectivity index (χ4v) is 3.12. The molecular weight excluding hydrogens is 312 g/mol. The lowest BCUT2D eigenvalue weighted by Gasteiger charge is -2.17. The monoisotopic (exact) mass is 336 g/mol. The van der Waals surface area contributed by atoms with Gasteiger partial charge in [0, 0.05) is 25.9 Å². The van der Waals surface area contributed by atoms with E-state index in [4.69, 9.17) is 10.7 Å². The molecular formula is C19H24N6. The van der Waals surface area contributed by atoms with Gasteiger partial charge in [0.05, 0.1) is 11.1 Å². The van der Waals surface area contributed by atoms with E-state index in [9.17, 15) is 0 Å². The number of anilines is 2. The van der Waals surface area contributed by atoms with E-state index in [1.807, 2.05) is 37.3 Å². The Morgan fingerprint density at radius 1 is 1.08 bits per heavy atom. The summed E-state index contributed by atoms with van der Waals surface area (Å²) in [5.41, 5.74) is 9.78. The lowest BCUT2D eigenvalue weighted by Crippen LogP contribution is -2.10. The van der Waals surface area contributed by atoms with Crippen LogP contribution in [0, 0.1) is 0 Å². The Kier molecular flexibility index (Phi) is 4.79. The molecule has 25 heavy (non-hydrogen) atoms. The van der Waals surface area contributed by atoms with Gasteiger partial charge >= 0.3 is 0 Å². The maximum atomic E-state index is 6.14. The molecule has 3 aromatic rings. The molecule has 0 bridgehead atoms. The quantitative estimate of drug-likeness (QED) is 0.766. The van der Waals surface area contributed by atoms with Crippen molar-refractivity contribution in [2.45, 2.75) is 32.6 Å². The molecule has 0 atom stereocenters. The number of pyridine rings is 2. The Morgan fingerprint density at radius 3 is 2.44 bits per heavy atom. The fourth-order valence-electron chi connectivity index (χ4n) is 3.12. The van der Waals surface area contributed by atoms with E-state index in [0.717, 1.165) is 35.3 Å². The number of hydrogen-bond donors (Lipinski definition) is 1. The summed E-state index contributed by atoms with van der Waals surface area (Å²) >= 11 is 0. The first kappa shape index (κ1) is 17.1. The van der Waals surface area contributed by atoms with Crippen molar-refractivity contribution in [2.24, 2.45) is 0 Å². The largest absolute Gasteiger partial charge is 0.383 e. The average Bonchev–Trinajstić information content (AvgIpc) is 2.62. The van der Waals surface area contributed by atoms with Gasteiger partial charge < -0.3 is 10.6 Å². The fraction of sp³-hybridized carbons (Fsp3) is 0.368. The molecule has 0 aliphatic carbocycles. The molecule has 130 valence electrons. The lowest BCUT2D eigenvalue weighted by atomic mass is 9.91. The van der Waals surface area contributed by atoms with Crippen LogP contribution < -0.4 is 10.6 Å². The summed E-state index contributed by atoms with van der Waals surface area (Å²) < 4.78 is 0. The van der Waals surface area contributed by atoms with Crippen molar-refractivity contribution in [2.75, 3.05) is 24.7 Å². The summed E-state index contributed by atoms with van der Waals surface area (Å²) in [5.74, 6) is 1.80. The maximum absolute atomic E-state index is 6.14. The Hall–Kier alpha value is -2.76. The second-order valence-electron chi connectivity index (χ2n) is 6.37. The van der Waals surface area contributed by atoms with E-state index in [1.54, 1.807) is 0 Å². The first-order valence-corrected chi connectivity index (χ1v) is 8.60. The van der Waals surface area contributed by atoms with Crippen LogP contribution in [0.3, 0.4) is 0 Å². The van der Waals surface area contributed by atoms with Gasteiger partial charge in [-0.2, -0.15) is 0 Å². The Labute approximate surface area is 148 Å². The molecule has 0 saturated carbocycles. The van der Waals surface area contributed by atoms with Gasteiger partial charge in [-0.15, -0.1) is 0 Å². The molecule has 0 amide bonds. The maximum Gasteiger partial charge on any atom is 0.165 e. The zero-order valence-electron chi connectivity index (χ0n) is 15.2. The van der Waals surface area contributed by atoms with Gasteiger partial charge in [-0.05, 0) is 42.5 Å². The SMILES string of the molecule is CCC(CC)c1cc(-c2ccc(N(C)C)nc2)nc2ncnc(N)c12. The third kappa shape index (κ3) is 3.24. The van der Waals surface area contributed by atoms with Crippen molar-refractivity contribution in [1.82, 2.24) is 19.9 Å². The molecule has 0 saturated heterocycles. The zero-order valence-corrected chi connectivity index (χ0v) is 15.2. The molecule has 0 aliphatic heterocycles. The normalized spacial score (nSPS) is 11.2. The Bertz CT molecular complexity index is 869. The number of nitrogens with zero attached hydrogens (tertiary/aromatic N) is 5. The second-order valence-corrected chi connectivity index (χ2v) is 6.37. The molecule has 0 fully saturated rings. The number of aromatic nitrogens is 4. The van der Waals surface area contributed by atoms with Crippen LogP contribution in [0.25, 0.3) is 22.3 Å². The molecule has 6 heteroatoms. The average molecular weight is 336 g/mol. The highest BCUT2D eigenvalue weighted by atomic mass is 15.1. The molecule has 0 unspecified atom stereocenters.